The van der Waals surface area contributed by atoms with Crippen LogP contribution in [0.5, 0.6) is 0 Å². The van der Waals surface area contributed by atoms with Gasteiger partial charge in [0.2, 0.25) is 5.91 Å². The minimum absolute atomic E-state index is 0.0412. The molecule has 1 amide bonds. The molecule has 0 aliphatic carbocycles. The number of phosphoric ester groups is 1. The Labute approximate surface area is 409 Å². The zero-order valence-corrected chi connectivity index (χ0v) is 45.3. The van der Waals surface area contributed by atoms with Gasteiger partial charge in [0.05, 0.1) is 33.8 Å². The van der Waals surface area contributed by atoms with Gasteiger partial charge >= 0.3 is 13.8 Å². The van der Waals surface area contributed by atoms with Gasteiger partial charge in [-0.1, -0.05) is 225 Å². The van der Waals surface area contributed by atoms with Crippen molar-refractivity contribution < 1.29 is 37.3 Å². The maximum absolute atomic E-state index is 13.5. The Morgan fingerprint density at radius 3 is 1.30 bits per heavy atom. The molecular weight excluding hydrogens is 844 g/mol. The lowest BCUT2D eigenvalue weighted by Gasteiger charge is -2.27. The molecule has 0 radical (unpaired) electrons. The van der Waals surface area contributed by atoms with Crippen LogP contribution in [-0.4, -0.2) is 74.3 Å². The maximum Gasteiger partial charge on any atom is 0.472 e. The number of carbonyl (C=O) groups excluding carboxylic acids is 2. The summed E-state index contributed by atoms with van der Waals surface area (Å²) in [6, 6.07) is -0.846. The van der Waals surface area contributed by atoms with Crippen LogP contribution in [0, 0.1) is 0 Å². The molecule has 0 aromatic rings. The van der Waals surface area contributed by atoms with Crippen LogP contribution in [0.1, 0.15) is 271 Å². The highest BCUT2D eigenvalue weighted by molar-refractivity contribution is 7.47. The summed E-state index contributed by atoms with van der Waals surface area (Å²) in [5.74, 6) is -0.513. The molecule has 3 unspecified atom stereocenters. The molecule has 0 saturated heterocycles. The Hall–Kier alpha value is -1.51. The predicted octanol–water partition coefficient (Wildman–Crippen LogP) is 16.6. The van der Waals surface area contributed by atoms with E-state index in [4.69, 9.17) is 13.8 Å². The standard InChI is InChI=1S/C56H109N2O7P/c1-7-10-13-16-19-22-25-27-29-30-33-36-39-42-45-48-55(59)57-53(52-64-66(61,62)63-51-50-58(4,5)6)54(47-44-41-38-35-32-24-21-18-15-12-9-3)65-56(60)49-46-43-40-37-34-31-28-26-23-20-17-14-11-8-2/h31,34,44,47,53-54H,7-30,32-33,35-43,45-46,48-52H2,1-6H3,(H-,57,59,61,62)/p+1/b34-31-,47-44+. The molecule has 0 aliphatic heterocycles. The molecule has 3 atom stereocenters. The number of esters is 1. The number of amides is 1. The summed E-state index contributed by atoms with van der Waals surface area (Å²) in [7, 11) is 1.50. The molecule has 10 heteroatoms. The van der Waals surface area contributed by atoms with Gasteiger partial charge in [0.1, 0.15) is 19.3 Å². The first kappa shape index (κ1) is 64.5. The highest BCUT2D eigenvalue weighted by Gasteiger charge is 2.30. The normalized spacial score (nSPS) is 14.0. The summed E-state index contributed by atoms with van der Waals surface area (Å²) in [4.78, 5) is 37.5. The summed E-state index contributed by atoms with van der Waals surface area (Å²) < 4.78 is 30.5. The lowest BCUT2D eigenvalue weighted by Crippen LogP contribution is -2.47. The van der Waals surface area contributed by atoms with Crippen molar-refractivity contribution in [3.8, 4) is 0 Å². The summed E-state index contributed by atoms with van der Waals surface area (Å²) in [6.07, 6.45) is 53.1. The van der Waals surface area contributed by atoms with Crippen molar-refractivity contribution in [2.24, 2.45) is 0 Å². The van der Waals surface area contributed by atoms with Crippen molar-refractivity contribution in [3.63, 3.8) is 0 Å². The van der Waals surface area contributed by atoms with E-state index in [9.17, 15) is 19.0 Å². The van der Waals surface area contributed by atoms with E-state index in [-0.39, 0.29) is 31.5 Å². The van der Waals surface area contributed by atoms with E-state index >= 15 is 0 Å². The van der Waals surface area contributed by atoms with Crippen LogP contribution in [0.2, 0.25) is 0 Å². The Morgan fingerprint density at radius 2 is 0.879 bits per heavy atom. The number of allylic oxidation sites excluding steroid dienone is 3. The zero-order chi connectivity index (χ0) is 48.7. The maximum atomic E-state index is 13.5. The van der Waals surface area contributed by atoms with Crippen LogP contribution in [0.15, 0.2) is 24.3 Å². The van der Waals surface area contributed by atoms with E-state index in [1.54, 1.807) is 0 Å². The molecule has 0 aromatic heterocycles. The van der Waals surface area contributed by atoms with E-state index in [1.807, 2.05) is 33.3 Å². The number of nitrogens with zero attached hydrogens (tertiary/aromatic N) is 1. The van der Waals surface area contributed by atoms with Crippen molar-refractivity contribution in [1.29, 1.82) is 0 Å². The summed E-state index contributed by atoms with van der Waals surface area (Å²) in [5, 5.41) is 3.04. The van der Waals surface area contributed by atoms with E-state index in [1.165, 1.54) is 167 Å². The van der Waals surface area contributed by atoms with Gasteiger partial charge in [-0.05, 0) is 57.4 Å². The monoisotopic (exact) mass is 954 g/mol. The number of ether oxygens (including phenoxy) is 1. The average Bonchev–Trinajstić information content (AvgIpc) is 3.27. The first-order valence-corrected chi connectivity index (χ1v) is 29.7. The van der Waals surface area contributed by atoms with Crippen molar-refractivity contribution in [2.75, 3.05) is 40.9 Å². The Bertz CT molecular complexity index is 1190. The third-order valence-corrected chi connectivity index (χ3v) is 13.6. The van der Waals surface area contributed by atoms with Gasteiger partial charge in [-0.25, -0.2) is 4.57 Å². The van der Waals surface area contributed by atoms with Crippen LogP contribution >= 0.6 is 7.82 Å². The van der Waals surface area contributed by atoms with E-state index in [0.717, 1.165) is 70.6 Å². The molecule has 9 nitrogen and oxygen atoms in total. The molecular formula is C56H110N2O7P+. The number of carbonyl (C=O) groups is 2. The minimum atomic E-state index is -4.44. The topological polar surface area (TPSA) is 111 Å². The molecule has 66 heavy (non-hydrogen) atoms. The van der Waals surface area contributed by atoms with Gasteiger partial charge < -0.3 is 19.4 Å². The zero-order valence-electron chi connectivity index (χ0n) is 44.5. The van der Waals surface area contributed by atoms with Gasteiger partial charge in [-0.3, -0.25) is 18.6 Å². The van der Waals surface area contributed by atoms with Gasteiger partial charge in [0.25, 0.3) is 0 Å². The SMILES string of the molecule is CCCCCCCCC/C=C\CCCCCC(=O)OC(/C=C/CCCCCCCCCCC)C(COP(=O)(O)OCC[N+](C)(C)C)NC(=O)CCCCCCCCCCCCCCCCC. The fourth-order valence-electron chi connectivity index (χ4n) is 8.23. The van der Waals surface area contributed by atoms with Crippen molar-refractivity contribution >= 4 is 19.7 Å². The molecule has 0 heterocycles. The average molecular weight is 954 g/mol. The van der Waals surface area contributed by atoms with E-state index < -0.39 is 20.0 Å². The Balaban J connectivity index is 5.34. The minimum Gasteiger partial charge on any atom is -0.456 e. The first-order chi connectivity index (χ1) is 31.9. The highest BCUT2D eigenvalue weighted by atomic mass is 31.2. The molecule has 0 aliphatic rings. The van der Waals surface area contributed by atoms with E-state index in [2.05, 4.69) is 38.2 Å². The molecule has 0 fully saturated rings. The Kier molecular flexibility index (Phi) is 46.1. The molecule has 0 rings (SSSR count). The van der Waals surface area contributed by atoms with Crippen molar-refractivity contribution in [3.05, 3.63) is 24.3 Å². The summed E-state index contributed by atoms with van der Waals surface area (Å²) in [5.41, 5.74) is 0. The lowest BCUT2D eigenvalue weighted by atomic mass is 10.0. The third kappa shape index (κ3) is 47.6. The molecule has 390 valence electrons. The largest absolute Gasteiger partial charge is 0.472 e. The van der Waals surface area contributed by atoms with Gasteiger partial charge in [-0.2, -0.15) is 0 Å². The number of hydrogen-bond donors (Lipinski definition) is 2. The number of hydrogen-bond acceptors (Lipinski definition) is 6. The molecule has 0 spiro atoms. The van der Waals surface area contributed by atoms with Crippen LogP contribution in [0.4, 0.5) is 0 Å². The third-order valence-electron chi connectivity index (χ3n) is 12.6. The molecule has 0 aromatic carbocycles. The highest BCUT2D eigenvalue weighted by Crippen LogP contribution is 2.43. The van der Waals surface area contributed by atoms with Gasteiger partial charge in [-0.15, -0.1) is 0 Å². The second-order valence-electron chi connectivity index (χ2n) is 20.5. The van der Waals surface area contributed by atoms with Crippen LogP contribution in [-0.2, 0) is 27.9 Å². The van der Waals surface area contributed by atoms with Crippen LogP contribution in [0.25, 0.3) is 0 Å². The fraction of sp³-hybridized carbons (Fsp3) is 0.893. The van der Waals surface area contributed by atoms with Gasteiger partial charge in [0, 0.05) is 12.8 Å². The summed E-state index contributed by atoms with van der Waals surface area (Å²) in [6.45, 7) is 7.01. The fourth-order valence-corrected chi connectivity index (χ4v) is 8.96. The molecule has 0 saturated carbocycles. The number of quaternary nitrogens is 1. The molecule has 0 bridgehead atoms. The van der Waals surface area contributed by atoms with Crippen molar-refractivity contribution in [1.82, 2.24) is 5.32 Å². The molecule has 2 N–H and O–H groups in total. The first-order valence-electron chi connectivity index (χ1n) is 28.2. The van der Waals surface area contributed by atoms with Gasteiger partial charge in [0.15, 0.2) is 0 Å². The predicted molar refractivity (Wildman–Crippen MR) is 282 cm³/mol. The smallest absolute Gasteiger partial charge is 0.456 e. The number of phosphoric acid groups is 1. The number of unbranched alkanes of at least 4 members (excludes halogenated alkanes) is 33. The number of rotatable bonds is 51. The van der Waals surface area contributed by atoms with Crippen LogP contribution < -0.4 is 5.32 Å². The second-order valence-corrected chi connectivity index (χ2v) is 21.9. The van der Waals surface area contributed by atoms with Crippen LogP contribution in [0.3, 0.4) is 0 Å². The summed E-state index contributed by atoms with van der Waals surface area (Å²) >= 11 is 0. The number of likely N-dealkylation sites (N-methyl/N-ethyl adjacent to an activating group) is 1. The van der Waals surface area contributed by atoms with E-state index in [0.29, 0.717) is 17.4 Å². The number of nitrogens with one attached hydrogen (secondary N) is 1. The lowest BCUT2D eigenvalue weighted by molar-refractivity contribution is -0.870. The Morgan fingerprint density at radius 1 is 0.515 bits per heavy atom. The quantitative estimate of drug-likeness (QED) is 0.0205. The second kappa shape index (κ2) is 47.2. The van der Waals surface area contributed by atoms with Crippen molar-refractivity contribution in [2.45, 2.75) is 283 Å².